The number of hydrogen-bond donors (Lipinski definition) is 2. The van der Waals surface area contributed by atoms with Crippen LogP contribution in [0.3, 0.4) is 0 Å². The Bertz CT molecular complexity index is 540. The third-order valence-corrected chi connectivity index (χ3v) is 2.93. The zero-order valence-electron chi connectivity index (χ0n) is 11.4. The number of benzene rings is 2. The van der Waals surface area contributed by atoms with Gasteiger partial charge in [0.2, 0.25) is 0 Å². The van der Waals surface area contributed by atoms with Gasteiger partial charge in [-0.05, 0) is 18.6 Å². The van der Waals surface area contributed by atoms with Gasteiger partial charge in [-0.25, -0.2) is 0 Å². The Morgan fingerprint density at radius 2 is 1.63 bits per heavy atom. The predicted octanol–water partition coefficient (Wildman–Crippen LogP) is 3.34. The van der Waals surface area contributed by atoms with Crippen LogP contribution in [-0.2, 0) is 0 Å². The van der Waals surface area contributed by atoms with Crippen LogP contribution in [0, 0.1) is 6.92 Å². The lowest BCUT2D eigenvalue weighted by molar-refractivity contribution is 0.395. The summed E-state index contributed by atoms with van der Waals surface area (Å²) in [5.41, 5.74) is 9.55. The Balaban J connectivity index is 2.37. The van der Waals surface area contributed by atoms with E-state index in [-0.39, 0.29) is 0 Å². The first-order valence-corrected chi connectivity index (χ1v) is 5.99. The fraction of sp³-hybridized carbons (Fsp3) is 0.200. The van der Waals surface area contributed by atoms with Crippen LogP contribution in [0.15, 0.2) is 36.4 Å². The lowest BCUT2D eigenvalue weighted by Gasteiger charge is -2.14. The number of nitrogens with two attached hydrogens (primary N) is 1. The maximum atomic E-state index is 5.99. The molecule has 2 aromatic carbocycles. The van der Waals surface area contributed by atoms with Crippen LogP contribution in [0.4, 0.5) is 17.1 Å². The number of anilines is 3. The number of nitrogens with one attached hydrogen (secondary N) is 1. The van der Waals surface area contributed by atoms with E-state index in [9.17, 15) is 0 Å². The van der Waals surface area contributed by atoms with Crippen LogP contribution >= 0.6 is 0 Å². The molecule has 0 unspecified atom stereocenters. The molecule has 0 saturated carbocycles. The zero-order valence-corrected chi connectivity index (χ0v) is 11.4. The van der Waals surface area contributed by atoms with Crippen LogP contribution in [0.25, 0.3) is 0 Å². The molecule has 2 rings (SSSR count). The van der Waals surface area contributed by atoms with E-state index in [1.807, 2.05) is 43.3 Å². The fourth-order valence-corrected chi connectivity index (χ4v) is 1.89. The van der Waals surface area contributed by atoms with Crippen molar-refractivity contribution in [3.05, 3.63) is 42.0 Å². The minimum Gasteiger partial charge on any atom is -0.497 e. The molecule has 0 spiro atoms. The molecule has 0 aromatic heterocycles. The molecular formula is C15H18N2O2. The fourth-order valence-electron chi connectivity index (χ4n) is 1.89. The molecule has 0 fully saturated rings. The minimum atomic E-state index is 0.710. The van der Waals surface area contributed by atoms with Gasteiger partial charge >= 0.3 is 0 Å². The van der Waals surface area contributed by atoms with E-state index >= 15 is 0 Å². The molecule has 0 aliphatic carbocycles. The summed E-state index contributed by atoms with van der Waals surface area (Å²) >= 11 is 0. The summed E-state index contributed by atoms with van der Waals surface area (Å²) in [6.07, 6.45) is 0. The SMILES string of the molecule is COc1cc(Nc2c(C)cccc2N)cc(OC)c1. The second-order valence-electron chi connectivity index (χ2n) is 4.27. The second-order valence-corrected chi connectivity index (χ2v) is 4.27. The second kappa shape index (κ2) is 5.52. The predicted molar refractivity (Wildman–Crippen MR) is 78.4 cm³/mol. The topological polar surface area (TPSA) is 56.5 Å². The average Bonchev–Trinajstić information content (AvgIpc) is 2.42. The van der Waals surface area contributed by atoms with Gasteiger partial charge in [0.05, 0.1) is 25.6 Å². The number of hydrogen-bond acceptors (Lipinski definition) is 4. The van der Waals surface area contributed by atoms with E-state index in [0.717, 1.165) is 28.4 Å². The van der Waals surface area contributed by atoms with Gasteiger partial charge in [-0.15, -0.1) is 0 Å². The molecule has 3 N–H and O–H groups in total. The Kier molecular flexibility index (Phi) is 3.80. The van der Waals surface area contributed by atoms with Crippen LogP contribution < -0.4 is 20.5 Å². The van der Waals surface area contributed by atoms with Crippen molar-refractivity contribution in [1.82, 2.24) is 0 Å². The molecule has 0 aliphatic rings. The Hall–Kier alpha value is -2.36. The first-order valence-electron chi connectivity index (χ1n) is 5.99. The van der Waals surface area contributed by atoms with Crippen molar-refractivity contribution in [3.63, 3.8) is 0 Å². The molecule has 0 bridgehead atoms. The Morgan fingerprint density at radius 3 is 2.16 bits per heavy atom. The third-order valence-electron chi connectivity index (χ3n) is 2.93. The standard InChI is InChI=1S/C15H18N2O2/c1-10-5-4-6-14(16)15(10)17-11-7-12(18-2)9-13(8-11)19-3/h4-9,17H,16H2,1-3H3. The van der Waals surface area contributed by atoms with E-state index in [1.54, 1.807) is 14.2 Å². The van der Waals surface area contributed by atoms with Gasteiger partial charge in [0, 0.05) is 23.9 Å². The lowest BCUT2D eigenvalue weighted by atomic mass is 10.1. The van der Waals surface area contributed by atoms with Gasteiger partial charge in [0.15, 0.2) is 0 Å². The molecule has 0 atom stereocenters. The van der Waals surface area contributed by atoms with E-state index < -0.39 is 0 Å². The summed E-state index contributed by atoms with van der Waals surface area (Å²) in [5.74, 6) is 1.46. The molecule has 0 amide bonds. The highest BCUT2D eigenvalue weighted by Gasteiger charge is 2.06. The largest absolute Gasteiger partial charge is 0.497 e. The highest BCUT2D eigenvalue weighted by atomic mass is 16.5. The van der Waals surface area contributed by atoms with Gasteiger partial charge in [0.1, 0.15) is 11.5 Å². The van der Waals surface area contributed by atoms with Gasteiger partial charge < -0.3 is 20.5 Å². The van der Waals surface area contributed by atoms with E-state index in [2.05, 4.69) is 5.32 Å². The van der Waals surface area contributed by atoms with Crippen molar-refractivity contribution < 1.29 is 9.47 Å². The first-order chi connectivity index (χ1) is 9.13. The van der Waals surface area contributed by atoms with Crippen molar-refractivity contribution in [2.24, 2.45) is 0 Å². The maximum absolute atomic E-state index is 5.99. The number of methoxy groups -OCH3 is 2. The van der Waals surface area contributed by atoms with Gasteiger partial charge in [-0.1, -0.05) is 12.1 Å². The van der Waals surface area contributed by atoms with Crippen molar-refractivity contribution in [1.29, 1.82) is 0 Å². The normalized spacial score (nSPS) is 10.1. The summed E-state index contributed by atoms with van der Waals surface area (Å²) in [4.78, 5) is 0. The summed E-state index contributed by atoms with van der Waals surface area (Å²) in [6, 6.07) is 11.4. The highest BCUT2D eigenvalue weighted by Crippen LogP contribution is 2.31. The molecular weight excluding hydrogens is 240 g/mol. The molecule has 0 heterocycles. The zero-order chi connectivity index (χ0) is 13.8. The van der Waals surface area contributed by atoms with Gasteiger partial charge in [-0.3, -0.25) is 0 Å². The highest BCUT2D eigenvalue weighted by molar-refractivity contribution is 5.76. The minimum absolute atomic E-state index is 0.710. The number of aryl methyl sites for hydroxylation is 1. The van der Waals surface area contributed by atoms with Crippen molar-refractivity contribution in [2.75, 3.05) is 25.3 Å². The van der Waals surface area contributed by atoms with Crippen LogP contribution in [0.1, 0.15) is 5.56 Å². The van der Waals surface area contributed by atoms with E-state index in [0.29, 0.717) is 5.69 Å². The van der Waals surface area contributed by atoms with Gasteiger partial charge in [-0.2, -0.15) is 0 Å². The van der Waals surface area contributed by atoms with Crippen LogP contribution in [-0.4, -0.2) is 14.2 Å². The Labute approximate surface area is 113 Å². The summed E-state index contributed by atoms with van der Waals surface area (Å²) in [5, 5.41) is 3.30. The number of nitrogen functional groups attached to an aromatic ring is 1. The number of para-hydroxylation sites is 1. The van der Waals surface area contributed by atoms with Gasteiger partial charge in [0.25, 0.3) is 0 Å². The summed E-state index contributed by atoms with van der Waals surface area (Å²) in [6.45, 7) is 2.01. The Morgan fingerprint density at radius 1 is 1.00 bits per heavy atom. The summed E-state index contributed by atoms with van der Waals surface area (Å²) in [7, 11) is 3.25. The third kappa shape index (κ3) is 2.91. The molecule has 2 aromatic rings. The molecule has 100 valence electrons. The van der Waals surface area contributed by atoms with Crippen LogP contribution in [0.2, 0.25) is 0 Å². The van der Waals surface area contributed by atoms with Crippen LogP contribution in [0.5, 0.6) is 11.5 Å². The average molecular weight is 258 g/mol. The first kappa shape index (κ1) is 13.1. The van der Waals surface area contributed by atoms with Crippen molar-refractivity contribution in [2.45, 2.75) is 6.92 Å². The summed E-state index contributed by atoms with van der Waals surface area (Å²) < 4.78 is 10.5. The number of ether oxygens (including phenoxy) is 2. The molecule has 0 radical (unpaired) electrons. The monoisotopic (exact) mass is 258 g/mol. The molecule has 0 aliphatic heterocycles. The quantitative estimate of drug-likeness (QED) is 0.826. The van der Waals surface area contributed by atoms with Crippen molar-refractivity contribution >= 4 is 17.1 Å². The smallest absolute Gasteiger partial charge is 0.124 e. The molecule has 0 saturated heterocycles. The van der Waals surface area contributed by atoms with E-state index in [1.165, 1.54) is 0 Å². The molecule has 19 heavy (non-hydrogen) atoms. The molecule has 4 nitrogen and oxygen atoms in total. The van der Waals surface area contributed by atoms with Crippen molar-refractivity contribution in [3.8, 4) is 11.5 Å². The van der Waals surface area contributed by atoms with E-state index in [4.69, 9.17) is 15.2 Å². The maximum Gasteiger partial charge on any atom is 0.124 e. The number of rotatable bonds is 4. The lowest BCUT2D eigenvalue weighted by Crippen LogP contribution is -1.99. The molecule has 4 heteroatoms.